The van der Waals surface area contributed by atoms with Crippen LogP contribution in [0.2, 0.25) is 0 Å². The number of carbonyl (C=O) groups is 1. The van der Waals surface area contributed by atoms with Crippen LogP contribution in [0, 0.1) is 0 Å². The van der Waals surface area contributed by atoms with Crippen LogP contribution in [-0.4, -0.2) is 31.8 Å². The average molecular weight is 633 g/mol. The van der Waals surface area contributed by atoms with E-state index in [1.165, 1.54) is 38.9 Å². The zero-order valence-corrected chi connectivity index (χ0v) is 30.1. The zero-order valence-electron chi connectivity index (χ0n) is 30.1. The Morgan fingerprint density at radius 3 is 1.68 bits per heavy atom. The Balaban J connectivity index is 2.23. The molecule has 3 aromatic heterocycles. The summed E-state index contributed by atoms with van der Waals surface area (Å²) < 4.78 is 10.0. The molecular weight excluding hydrogens is 580 g/mol. The van der Waals surface area contributed by atoms with Gasteiger partial charge in [-0.1, -0.05) is 61.1 Å². The van der Waals surface area contributed by atoms with Crippen LogP contribution in [0.5, 0.6) is 0 Å². The number of aryl methyl sites for hydroxylation is 6. The molecule has 0 N–H and O–H groups in total. The monoisotopic (exact) mass is 632 g/mol. The summed E-state index contributed by atoms with van der Waals surface area (Å²) in [5.74, 6) is 0. The van der Waals surface area contributed by atoms with E-state index in [1.807, 2.05) is 25.1 Å². The summed E-state index contributed by atoms with van der Waals surface area (Å²) in [7, 11) is 0. The first-order valence-corrected chi connectivity index (χ1v) is 17.9. The van der Waals surface area contributed by atoms with E-state index in [1.54, 1.807) is 4.57 Å². The van der Waals surface area contributed by atoms with Crippen molar-refractivity contribution in [1.29, 1.82) is 0 Å². The van der Waals surface area contributed by atoms with Gasteiger partial charge in [0.25, 0.3) is 0 Å². The molecule has 248 valence electrons. The molecule has 0 aliphatic carbocycles. The molecule has 0 amide bonds. The smallest absolute Gasteiger partial charge is 0.418 e. The molecule has 6 heteroatoms. The van der Waals surface area contributed by atoms with Crippen LogP contribution in [0.3, 0.4) is 0 Å². The van der Waals surface area contributed by atoms with E-state index < -0.39 is 6.09 Å². The van der Waals surface area contributed by atoms with Crippen molar-refractivity contribution < 1.29 is 9.53 Å². The van der Waals surface area contributed by atoms with Gasteiger partial charge < -0.3 is 9.30 Å². The predicted octanol–water partition coefficient (Wildman–Crippen LogP) is 10.6. The summed E-state index contributed by atoms with van der Waals surface area (Å²) >= 11 is 0. The summed E-state index contributed by atoms with van der Waals surface area (Å²) in [5, 5.41) is 0. The van der Waals surface area contributed by atoms with Crippen molar-refractivity contribution in [2.24, 2.45) is 0 Å². The molecule has 0 aromatic carbocycles. The predicted molar refractivity (Wildman–Crippen MR) is 200 cm³/mol. The van der Waals surface area contributed by atoms with E-state index in [4.69, 9.17) is 14.7 Å². The van der Waals surface area contributed by atoms with Crippen molar-refractivity contribution in [3.05, 3.63) is 74.9 Å². The van der Waals surface area contributed by atoms with Gasteiger partial charge in [0, 0.05) is 28.8 Å². The molecule has 0 saturated carbocycles. The first kappa shape index (κ1) is 34.2. The summed E-state index contributed by atoms with van der Waals surface area (Å²) in [4.78, 5) is 24.7. The van der Waals surface area contributed by atoms with Crippen LogP contribution in [-0.2, 0) is 43.4 Å². The van der Waals surface area contributed by atoms with Gasteiger partial charge in [-0.25, -0.2) is 19.3 Å². The fraction of sp³-hybridized carbons (Fsp3) is 0.439. The summed E-state index contributed by atoms with van der Waals surface area (Å²) in [6.45, 7) is 25.1. The summed E-state index contributed by atoms with van der Waals surface area (Å²) in [5.41, 5.74) is 17.7. The second-order valence-corrected chi connectivity index (χ2v) is 12.1. The Hall–Kier alpha value is -4.19. The fourth-order valence-corrected chi connectivity index (χ4v) is 7.96. The first-order chi connectivity index (χ1) is 22.8. The molecule has 2 aliphatic heterocycles. The number of nitrogens with zero attached hydrogens (tertiary/aromatic N) is 4. The maximum atomic E-state index is 14.0. The van der Waals surface area contributed by atoms with Crippen molar-refractivity contribution in [3.63, 3.8) is 0 Å². The lowest BCUT2D eigenvalue weighted by Crippen LogP contribution is -2.14. The third-order valence-corrected chi connectivity index (χ3v) is 9.87. The van der Waals surface area contributed by atoms with Gasteiger partial charge in [0.1, 0.15) is 0 Å². The Kier molecular flexibility index (Phi) is 10.4. The van der Waals surface area contributed by atoms with Gasteiger partial charge in [-0.15, -0.1) is 0 Å². The van der Waals surface area contributed by atoms with E-state index in [2.05, 4.69) is 78.7 Å². The standard InChI is InChI=1S/C41H52N4O2/c1-11-27-31(15-5)39-33(17-7)37-29(13-3)30(14-4)38(43-37)34(18-8)40-32(16-6)28(12-2)36(45(40)41(46)47-20-10)24-26-22-21-25(42-26)23-35(27)44(39)19-9/h12,21-24H,2,11,13-20H2,1,3-10H3. The van der Waals surface area contributed by atoms with Gasteiger partial charge in [-0.05, 0) is 111 Å². The quantitative estimate of drug-likeness (QED) is 0.174. The molecule has 3 aromatic rings. The molecule has 47 heavy (non-hydrogen) atoms. The third-order valence-electron chi connectivity index (χ3n) is 9.87. The lowest BCUT2D eigenvalue weighted by atomic mass is 9.93. The largest absolute Gasteiger partial charge is 0.449 e. The van der Waals surface area contributed by atoms with Crippen molar-refractivity contribution in [2.45, 2.75) is 114 Å². The highest BCUT2D eigenvalue weighted by Crippen LogP contribution is 2.42. The Morgan fingerprint density at radius 1 is 0.681 bits per heavy atom. The number of rotatable bonds is 10. The number of ether oxygens (including phenoxy) is 1. The molecule has 5 rings (SSSR count). The van der Waals surface area contributed by atoms with Crippen LogP contribution in [0.4, 0.5) is 4.79 Å². The minimum absolute atomic E-state index is 0.279. The van der Waals surface area contributed by atoms with Gasteiger partial charge >= 0.3 is 6.09 Å². The molecule has 6 nitrogen and oxygen atoms in total. The molecule has 0 fully saturated rings. The molecule has 8 bridgehead atoms. The highest BCUT2D eigenvalue weighted by molar-refractivity contribution is 6.00. The van der Waals surface area contributed by atoms with Crippen LogP contribution in [0.25, 0.3) is 51.4 Å². The van der Waals surface area contributed by atoms with Crippen LogP contribution in [0.15, 0.2) is 18.7 Å². The van der Waals surface area contributed by atoms with E-state index in [0.29, 0.717) is 6.42 Å². The molecule has 0 unspecified atom stereocenters. The van der Waals surface area contributed by atoms with Gasteiger partial charge in [-0.2, -0.15) is 0 Å². The van der Waals surface area contributed by atoms with E-state index >= 15 is 0 Å². The minimum Gasteiger partial charge on any atom is -0.449 e. The topological polar surface area (TPSA) is 61.9 Å². The average Bonchev–Trinajstić information content (AvgIpc) is 3.83. The summed E-state index contributed by atoms with van der Waals surface area (Å²) in [6.07, 6.45) is 11.5. The highest BCUT2D eigenvalue weighted by atomic mass is 16.5. The number of allylic oxidation sites excluding steroid dienone is 2. The van der Waals surface area contributed by atoms with Crippen molar-refractivity contribution >= 4 is 57.5 Å². The van der Waals surface area contributed by atoms with Gasteiger partial charge in [-0.3, -0.25) is 0 Å². The fourth-order valence-electron chi connectivity index (χ4n) is 7.96. The summed E-state index contributed by atoms with van der Waals surface area (Å²) in [6, 6.07) is 4.26. The molecule has 5 heterocycles. The number of hydrogen-bond acceptors (Lipinski definition) is 4. The number of fused-ring (bicyclic) bond motifs is 8. The lowest BCUT2D eigenvalue weighted by molar-refractivity contribution is 0.156. The third kappa shape index (κ3) is 5.50. The highest BCUT2D eigenvalue weighted by Gasteiger charge is 2.28. The van der Waals surface area contributed by atoms with E-state index in [9.17, 15) is 4.79 Å². The zero-order chi connectivity index (χ0) is 34.0. The number of hydrogen-bond donors (Lipinski definition) is 0. The Bertz CT molecular complexity index is 1970. The normalized spacial score (nSPS) is 12.7. The van der Waals surface area contributed by atoms with Gasteiger partial charge in [0.2, 0.25) is 0 Å². The first-order valence-electron chi connectivity index (χ1n) is 17.9. The maximum absolute atomic E-state index is 14.0. The molecular formula is C41H52N4O2. The van der Waals surface area contributed by atoms with Crippen molar-refractivity contribution in [2.75, 3.05) is 6.61 Å². The molecule has 0 saturated heterocycles. The molecule has 0 radical (unpaired) electrons. The Morgan fingerprint density at radius 2 is 1.21 bits per heavy atom. The Labute approximate surface area is 280 Å². The lowest BCUT2D eigenvalue weighted by Gasteiger charge is -2.12. The van der Waals surface area contributed by atoms with Crippen LogP contribution >= 0.6 is 0 Å². The number of carbonyl (C=O) groups excluding carboxylic acids is 1. The van der Waals surface area contributed by atoms with Crippen molar-refractivity contribution in [3.8, 4) is 0 Å². The van der Waals surface area contributed by atoms with Gasteiger partial charge in [0.05, 0.1) is 45.9 Å². The SMILES string of the molecule is C=Cc1c(CC)c2c(CC)c3nc(c(CC)c4c(CC)c(CC)c(cc5nc(cc1n2C(=O)OCC)C=C5)n4CC)C(CC)=C3CC. The second kappa shape index (κ2) is 14.3. The van der Waals surface area contributed by atoms with Crippen LogP contribution in [0.1, 0.15) is 131 Å². The minimum atomic E-state index is -0.393. The van der Waals surface area contributed by atoms with E-state index in [0.717, 1.165) is 95.6 Å². The van der Waals surface area contributed by atoms with Crippen LogP contribution < -0.4 is 0 Å². The van der Waals surface area contributed by atoms with E-state index in [-0.39, 0.29) is 6.61 Å². The maximum Gasteiger partial charge on any atom is 0.418 e. The van der Waals surface area contributed by atoms with Gasteiger partial charge in [0.15, 0.2) is 0 Å². The number of aromatic nitrogens is 4. The molecule has 0 atom stereocenters. The second-order valence-electron chi connectivity index (χ2n) is 12.1. The molecule has 2 aliphatic rings. The molecule has 0 spiro atoms. The van der Waals surface area contributed by atoms with Crippen molar-refractivity contribution in [1.82, 2.24) is 19.1 Å².